The zero-order valence-corrected chi connectivity index (χ0v) is 11.0. The number of nitrogens with one attached hydrogen (secondary N) is 1. The molecule has 94 valence electrons. The van der Waals surface area contributed by atoms with E-state index in [2.05, 4.69) is 24.1 Å². The lowest BCUT2D eigenvalue weighted by atomic mass is 10.1. The van der Waals surface area contributed by atoms with Crippen LogP contribution in [0.25, 0.3) is 0 Å². The normalized spacial score (nSPS) is 25.8. The van der Waals surface area contributed by atoms with Gasteiger partial charge in [-0.25, -0.2) is 0 Å². The van der Waals surface area contributed by atoms with E-state index >= 15 is 0 Å². The van der Waals surface area contributed by atoms with Crippen molar-refractivity contribution in [2.45, 2.75) is 45.3 Å². The fourth-order valence-corrected chi connectivity index (χ4v) is 2.07. The molecule has 4 heteroatoms. The van der Waals surface area contributed by atoms with Crippen LogP contribution in [0, 0.1) is 0 Å². The third-order valence-electron chi connectivity index (χ3n) is 3.13. The molecule has 1 aliphatic heterocycles. The maximum Gasteiger partial charge on any atom is 0.241 e. The van der Waals surface area contributed by atoms with Gasteiger partial charge < -0.3 is 9.80 Å². The van der Waals surface area contributed by atoms with Crippen LogP contribution < -0.4 is 5.32 Å². The van der Waals surface area contributed by atoms with E-state index in [1.165, 1.54) is 0 Å². The van der Waals surface area contributed by atoms with Crippen LogP contribution in [-0.2, 0) is 4.79 Å². The molecule has 1 fully saturated rings. The van der Waals surface area contributed by atoms with Crippen molar-refractivity contribution in [3.05, 3.63) is 0 Å². The minimum Gasteiger partial charge on any atom is -0.325 e. The Bertz CT molecular complexity index is 230. The minimum atomic E-state index is 0.0529. The van der Waals surface area contributed by atoms with Gasteiger partial charge in [-0.05, 0) is 27.4 Å². The summed E-state index contributed by atoms with van der Waals surface area (Å²) in [4.78, 5) is 16.1. The third kappa shape index (κ3) is 3.46. The summed E-state index contributed by atoms with van der Waals surface area (Å²) in [6.45, 7) is 5.98. The predicted molar refractivity (Wildman–Crippen MR) is 66.2 cm³/mol. The number of hydrogen-bond donors (Lipinski definition) is 1. The van der Waals surface area contributed by atoms with Gasteiger partial charge in [-0.3, -0.25) is 10.1 Å². The van der Waals surface area contributed by atoms with Crippen molar-refractivity contribution >= 4 is 5.91 Å². The maximum absolute atomic E-state index is 12.1. The Morgan fingerprint density at radius 1 is 1.44 bits per heavy atom. The summed E-state index contributed by atoms with van der Waals surface area (Å²) in [6.07, 6.45) is 3.43. The first-order valence-electron chi connectivity index (χ1n) is 6.27. The van der Waals surface area contributed by atoms with Crippen molar-refractivity contribution < 1.29 is 4.79 Å². The average molecular weight is 227 g/mol. The standard InChI is InChI=1S/C12H25N3O/c1-5-6-7-11-12(16)15(10(2)13-11)9-8-14(3)4/h10-11,13H,5-9H2,1-4H3. The van der Waals surface area contributed by atoms with Crippen LogP contribution in [0.1, 0.15) is 33.1 Å². The number of rotatable bonds is 6. The molecule has 0 radical (unpaired) electrons. The molecule has 16 heavy (non-hydrogen) atoms. The van der Waals surface area contributed by atoms with Gasteiger partial charge in [0.15, 0.2) is 0 Å². The fraction of sp³-hybridized carbons (Fsp3) is 0.917. The molecular formula is C12H25N3O. The number of likely N-dealkylation sites (N-methyl/N-ethyl adjacent to an activating group) is 1. The van der Waals surface area contributed by atoms with E-state index in [0.717, 1.165) is 32.4 Å². The second kappa shape index (κ2) is 6.21. The Hall–Kier alpha value is -0.610. The van der Waals surface area contributed by atoms with Crippen LogP contribution in [0.4, 0.5) is 0 Å². The van der Waals surface area contributed by atoms with Gasteiger partial charge in [0.2, 0.25) is 5.91 Å². The molecule has 1 heterocycles. The lowest BCUT2D eigenvalue weighted by Gasteiger charge is -2.22. The topological polar surface area (TPSA) is 35.6 Å². The van der Waals surface area contributed by atoms with Crippen LogP contribution in [0.15, 0.2) is 0 Å². The molecule has 0 bridgehead atoms. The predicted octanol–water partition coefficient (Wildman–Crippen LogP) is 0.885. The second-order valence-electron chi connectivity index (χ2n) is 4.87. The van der Waals surface area contributed by atoms with E-state index in [1.807, 2.05) is 19.0 Å². The van der Waals surface area contributed by atoms with Crippen molar-refractivity contribution in [2.75, 3.05) is 27.2 Å². The van der Waals surface area contributed by atoms with Crippen molar-refractivity contribution in [1.29, 1.82) is 0 Å². The van der Waals surface area contributed by atoms with Gasteiger partial charge in [0.1, 0.15) is 0 Å². The van der Waals surface area contributed by atoms with Crippen LogP contribution >= 0.6 is 0 Å². The van der Waals surface area contributed by atoms with Crippen LogP contribution in [-0.4, -0.2) is 55.1 Å². The van der Waals surface area contributed by atoms with E-state index in [4.69, 9.17) is 0 Å². The molecule has 0 saturated carbocycles. The zero-order valence-electron chi connectivity index (χ0n) is 11.0. The summed E-state index contributed by atoms with van der Waals surface area (Å²) >= 11 is 0. The molecular weight excluding hydrogens is 202 g/mol. The lowest BCUT2D eigenvalue weighted by Crippen LogP contribution is -2.39. The molecule has 0 aliphatic carbocycles. The Kier molecular flexibility index (Phi) is 5.22. The van der Waals surface area contributed by atoms with Gasteiger partial charge in [-0.1, -0.05) is 19.8 Å². The molecule has 2 unspecified atom stereocenters. The number of hydrogen-bond acceptors (Lipinski definition) is 3. The van der Waals surface area contributed by atoms with Crippen LogP contribution in [0.2, 0.25) is 0 Å². The quantitative estimate of drug-likeness (QED) is 0.732. The van der Waals surface area contributed by atoms with E-state index < -0.39 is 0 Å². The van der Waals surface area contributed by atoms with Crippen LogP contribution in [0.3, 0.4) is 0 Å². The molecule has 0 spiro atoms. The van der Waals surface area contributed by atoms with Crippen molar-refractivity contribution in [1.82, 2.24) is 15.1 Å². The van der Waals surface area contributed by atoms with Crippen molar-refractivity contribution in [3.8, 4) is 0 Å². The third-order valence-corrected chi connectivity index (χ3v) is 3.13. The van der Waals surface area contributed by atoms with E-state index in [0.29, 0.717) is 0 Å². The highest BCUT2D eigenvalue weighted by molar-refractivity contribution is 5.84. The van der Waals surface area contributed by atoms with Gasteiger partial charge in [-0.15, -0.1) is 0 Å². The lowest BCUT2D eigenvalue weighted by molar-refractivity contribution is -0.130. The molecule has 1 amide bonds. The van der Waals surface area contributed by atoms with E-state index in [1.54, 1.807) is 0 Å². The van der Waals surface area contributed by atoms with Gasteiger partial charge in [0, 0.05) is 13.1 Å². The Morgan fingerprint density at radius 2 is 2.12 bits per heavy atom. The summed E-state index contributed by atoms with van der Waals surface area (Å²) in [5.74, 6) is 0.280. The number of carbonyl (C=O) groups excluding carboxylic acids is 1. The monoisotopic (exact) mass is 227 g/mol. The molecule has 1 aliphatic rings. The van der Waals surface area contributed by atoms with Crippen molar-refractivity contribution in [3.63, 3.8) is 0 Å². The summed E-state index contributed by atoms with van der Waals surface area (Å²) in [5, 5.41) is 3.37. The first kappa shape index (κ1) is 13.5. The minimum absolute atomic E-state index is 0.0529. The highest BCUT2D eigenvalue weighted by atomic mass is 16.2. The summed E-state index contributed by atoms with van der Waals surface area (Å²) in [5.41, 5.74) is 0. The Balaban J connectivity index is 2.43. The molecule has 1 N–H and O–H groups in total. The average Bonchev–Trinajstić information content (AvgIpc) is 2.48. The fourth-order valence-electron chi connectivity index (χ4n) is 2.07. The summed E-state index contributed by atoms with van der Waals surface area (Å²) in [6, 6.07) is 0.0529. The van der Waals surface area contributed by atoms with Gasteiger partial charge in [0.25, 0.3) is 0 Å². The van der Waals surface area contributed by atoms with Gasteiger partial charge in [0.05, 0.1) is 12.2 Å². The van der Waals surface area contributed by atoms with E-state index in [9.17, 15) is 4.79 Å². The molecule has 1 saturated heterocycles. The molecule has 0 aromatic rings. The van der Waals surface area contributed by atoms with Crippen LogP contribution in [0.5, 0.6) is 0 Å². The smallest absolute Gasteiger partial charge is 0.241 e. The highest BCUT2D eigenvalue weighted by Gasteiger charge is 2.35. The van der Waals surface area contributed by atoms with Crippen molar-refractivity contribution in [2.24, 2.45) is 0 Å². The molecule has 1 rings (SSSR count). The molecule has 0 aromatic heterocycles. The molecule has 0 aromatic carbocycles. The zero-order chi connectivity index (χ0) is 12.1. The Labute approximate surface area is 99.0 Å². The Morgan fingerprint density at radius 3 is 2.69 bits per heavy atom. The summed E-state index contributed by atoms with van der Waals surface area (Å²) < 4.78 is 0. The molecule has 2 atom stereocenters. The number of unbranched alkanes of at least 4 members (excludes halogenated alkanes) is 1. The highest BCUT2D eigenvalue weighted by Crippen LogP contribution is 2.14. The first-order chi connectivity index (χ1) is 7.56. The SMILES string of the molecule is CCCCC1NC(C)N(CCN(C)C)C1=O. The van der Waals surface area contributed by atoms with E-state index in [-0.39, 0.29) is 18.1 Å². The number of carbonyl (C=O) groups is 1. The first-order valence-corrected chi connectivity index (χ1v) is 6.27. The maximum atomic E-state index is 12.1. The second-order valence-corrected chi connectivity index (χ2v) is 4.87. The number of amides is 1. The molecule has 4 nitrogen and oxygen atoms in total. The number of nitrogens with zero attached hydrogens (tertiary/aromatic N) is 2. The van der Waals surface area contributed by atoms with Gasteiger partial charge in [-0.2, -0.15) is 0 Å². The largest absolute Gasteiger partial charge is 0.325 e. The van der Waals surface area contributed by atoms with Gasteiger partial charge >= 0.3 is 0 Å². The summed E-state index contributed by atoms with van der Waals surface area (Å²) in [7, 11) is 4.07.